The fraction of sp³-hybridized carbons (Fsp3) is 0.312. The molecule has 2 atom stereocenters. The number of carboxylic acids is 1. The van der Waals surface area contributed by atoms with Crippen LogP contribution in [0.2, 0.25) is 0 Å². The first kappa shape index (κ1) is 16.7. The van der Waals surface area contributed by atoms with Crippen molar-refractivity contribution in [2.24, 2.45) is 11.5 Å². The molecule has 0 aromatic heterocycles. The highest BCUT2D eigenvalue weighted by Gasteiger charge is 2.38. The molecule has 7 heteroatoms. The van der Waals surface area contributed by atoms with E-state index in [2.05, 4.69) is 0 Å². The van der Waals surface area contributed by atoms with E-state index in [0.29, 0.717) is 5.57 Å². The van der Waals surface area contributed by atoms with E-state index in [9.17, 15) is 19.5 Å². The van der Waals surface area contributed by atoms with Crippen LogP contribution < -0.4 is 11.5 Å². The Labute approximate surface area is 133 Å². The van der Waals surface area contributed by atoms with Crippen LogP contribution >= 0.6 is 0 Å². The summed E-state index contributed by atoms with van der Waals surface area (Å²) < 4.78 is 0. The number of nitrogens with zero attached hydrogens (tertiary/aromatic N) is 1. The molecule has 2 rings (SSSR count). The molecule has 0 bridgehead atoms. The standard InChI is InChI=1S/C16H19N3O4/c17-12(6-7-13(18)20)15(21)19-9-8-11(14(19)16(22)23)10-4-2-1-3-5-10/h1-5,8,12,14H,6-7,9,17H2,(H2,18,20)(H,22,23)/t12-,14?/m0/s1. The van der Waals surface area contributed by atoms with Crippen molar-refractivity contribution in [1.29, 1.82) is 0 Å². The van der Waals surface area contributed by atoms with Gasteiger partial charge in [-0.2, -0.15) is 0 Å². The molecule has 23 heavy (non-hydrogen) atoms. The minimum atomic E-state index is -1.12. The number of primary amides is 1. The zero-order valence-electron chi connectivity index (χ0n) is 12.5. The van der Waals surface area contributed by atoms with Gasteiger partial charge in [-0.15, -0.1) is 0 Å². The summed E-state index contributed by atoms with van der Waals surface area (Å²) in [6.07, 6.45) is 1.79. The highest BCUT2D eigenvalue weighted by molar-refractivity contribution is 5.98. The highest BCUT2D eigenvalue weighted by Crippen LogP contribution is 2.28. The molecule has 122 valence electrons. The van der Waals surface area contributed by atoms with Gasteiger partial charge in [0.25, 0.3) is 0 Å². The molecule has 1 aromatic rings. The summed E-state index contributed by atoms with van der Waals surface area (Å²) in [6.45, 7) is 0.171. The summed E-state index contributed by atoms with van der Waals surface area (Å²) in [6, 6.07) is 7.00. The number of aliphatic carboxylic acids is 1. The number of benzene rings is 1. The lowest BCUT2D eigenvalue weighted by Gasteiger charge is -2.26. The largest absolute Gasteiger partial charge is 0.479 e. The van der Waals surface area contributed by atoms with Gasteiger partial charge in [0.05, 0.1) is 6.04 Å². The lowest BCUT2D eigenvalue weighted by atomic mass is 9.99. The Morgan fingerprint density at radius 1 is 1.26 bits per heavy atom. The van der Waals surface area contributed by atoms with Crippen LogP contribution in [-0.2, 0) is 14.4 Å². The van der Waals surface area contributed by atoms with E-state index in [0.717, 1.165) is 5.56 Å². The number of rotatable bonds is 6. The van der Waals surface area contributed by atoms with Gasteiger partial charge in [-0.3, -0.25) is 9.59 Å². The van der Waals surface area contributed by atoms with Crippen LogP contribution in [-0.4, -0.2) is 46.4 Å². The van der Waals surface area contributed by atoms with E-state index >= 15 is 0 Å². The zero-order valence-corrected chi connectivity index (χ0v) is 12.5. The minimum Gasteiger partial charge on any atom is -0.479 e. The Morgan fingerprint density at radius 3 is 2.48 bits per heavy atom. The molecule has 2 amide bonds. The first-order chi connectivity index (χ1) is 10.9. The van der Waals surface area contributed by atoms with Crippen molar-refractivity contribution in [2.75, 3.05) is 6.54 Å². The number of nitrogens with two attached hydrogens (primary N) is 2. The third-order valence-corrected chi connectivity index (χ3v) is 3.76. The summed E-state index contributed by atoms with van der Waals surface area (Å²) in [4.78, 5) is 36.1. The van der Waals surface area contributed by atoms with Crippen LogP contribution in [0.15, 0.2) is 36.4 Å². The molecule has 1 heterocycles. The molecule has 1 unspecified atom stereocenters. The quantitative estimate of drug-likeness (QED) is 0.678. The lowest BCUT2D eigenvalue weighted by molar-refractivity contribution is -0.147. The summed E-state index contributed by atoms with van der Waals surface area (Å²) >= 11 is 0. The van der Waals surface area contributed by atoms with Crippen LogP contribution in [0, 0.1) is 0 Å². The van der Waals surface area contributed by atoms with Gasteiger partial charge < -0.3 is 21.5 Å². The Kier molecular flexibility index (Phi) is 5.13. The van der Waals surface area contributed by atoms with Crippen molar-refractivity contribution >= 4 is 23.4 Å². The normalized spacial score (nSPS) is 18.4. The summed E-state index contributed by atoms with van der Waals surface area (Å²) in [5.74, 6) is -2.17. The van der Waals surface area contributed by atoms with Gasteiger partial charge in [-0.1, -0.05) is 36.4 Å². The average Bonchev–Trinajstić information content (AvgIpc) is 2.97. The van der Waals surface area contributed by atoms with Crippen molar-refractivity contribution in [2.45, 2.75) is 24.9 Å². The van der Waals surface area contributed by atoms with Gasteiger partial charge in [0.2, 0.25) is 11.8 Å². The van der Waals surface area contributed by atoms with Gasteiger partial charge in [0.1, 0.15) is 0 Å². The number of hydrogen-bond acceptors (Lipinski definition) is 4. The van der Waals surface area contributed by atoms with Crippen LogP contribution in [0.4, 0.5) is 0 Å². The number of carboxylic acid groups (broad SMARTS) is 1. The molecular formula is C16H19N3O4. The Balaban J connectivity index is 2.16. The second kappa shape index (κ2) is 7.06. The third kappa shape index (κ3) is 3.75. The predicted molar refractivity (Wildman–Crippen MR) is 84.0 cm³/mol. The molecule has 0 fully saturated rings. The van der Waals surface area contributed by atoms with Gasteiger partial charge in [0, 0.05) is 13.0 Å². The maximum Gasteiger partial charge on any atom is 0.331 e. The summed E-state index contributed by atoms with van der Waals surface area (Å²) in [5, 5.41) is 9.51. The molecule has 0 radical (unpaired) electrons. The van der Waals surface area contributed by atoms with E-state index in [-0.39, 0.29) is 19.4 Å². The molecule has 0 saturated heterocycles. The summed E-state index contributed by atoms with van der Waals surface area (Å²) in [5.41, 5.74) is 12.1. The van der Waals surface area contributed by atoms with Crippen LogP contribution in [0.5, 0.6) is 0 Å². The molecule has 7 nitrogen and oxygen atoms in total. The average molecular weight is 317 g/mol. The van der Waals surface area contributed by atoms with Crippen molar-refractivity contribution in [3.8, 4) is 0 Å². The lowest BCUT2D eigenvalue weighted by Crippen LogP contribution is -2.49. The van der Waals surface area contributed by atoms with Crippen molar-refractivity contribution in [1.82, 2.24) is 4.90 Å². The molecule has 1 aliphatic rings. The number of hydrogen-bond donors (Lipinski definition) is 3. The van der Waals surface area contributed by atoms with Crippen molar-refractivity contribution in [3.63, 3.8) is 0 Å². The minimum absolute atomic E-state index is 0.0164. The smallest absolute Gasteiger partial charge is 0.331 e. The van der Waals surface area contributed by atoms with E-state index in [1.165, 1.54) is 4.90 Å². The van der Waals surface area contributed by atoms with E-state index in [1.54, 1.807) is 30.3 Å². The molecule has 5 N–H and O–H groups in total. The fourth-order valence-electron chi connectivity index (χ4n) is 2.61. The number of amides is 2. The first-order valence-corrected chi connectivity index (χ1v) is 7.24. The molecule has 1 aliphatic heterocycles. The number of carbonyl (C=O) groups is 3. The van der Waals surface area contributed by atoms with Crippen molar-refractivity contribution < 1.29 is 19.5 Å². The Hall–Kier alpha value is -2.67. The predicted octanol–water partition coefficient (Wildman–Crippen LogP) is -0.0418. The van der Waals surface area contributed by atoms with E-state index in [1.807, 2.05) is 6.07 Å². The Morgan fingerprint density at radius 2 is 1.91 bits per heavy atom. The van der Waals surface area contributed by atoms with Gasteiger partial charge in [-0.25, -0.2) is 4.79 Å². The maximum atomic E-state index is 12.4. The second-order valence-corrected chi connectivity index (χ2v) is 5.37. The topological polar surface area (TPSA) is 127 Å². The zero-order chi connectivity index (χ0) is 17.0. The van der Waals surface area contributed by atoms with Crippen LogP contribution in [0.1, 0.15) is 18.4 Å². The van der Waals surface area contributed by atoms with E-state index in [4.69, 9.17) is 11.5 Å². The first-order valence-electron chi connectivity index (χ1n) is 7.24. The molecule has 0 aliphatic carbocycles. The Bertz CT molecular complexity index is 642. The SMILES string of the molecule is NC(=O)CC[C@H](N)C(=O)N1CC=C(c2ccccc2)C1C(=O)O. The van der Waals surface area contributed by atoms with Crippen molar-refractivity contribution in [3.05, 3.63) is 42.0 Å². The monoisotopic (exact) mass is 317 g/mol. The van der Waals surface area contributed by atoms with Crippen LogP contribution in [0.25, 0.3) is 5.57 Å². The third-order valence-electron chi connectivity index (χ3n) is 3.76. The fourth-order valence-corrected chi connectivity index (χ4v) is 2.61. The molecule has 0 spiro atoms. The van der Waals surface area contributed by atoms with Gasteiger partial charge >= 0.3 is 5.97 Å². The van der Waals surface area contributed by atoms with Gasteiger partial charge in [0.15, 0.2) is 6.04 Å². The summed E-state index contributed by atoms with van der Waals surface area (Å²) in [7, 11) is 0. The van der Waals surface area contributed by atoms with E-state index < -0.39 is 29.9 Å². The molecular weight excluding hydrogens is 298 g/mol. The van der Waals surface area contributed by atoms with Crippen LogP contribution in [0.3, 0.4) is 0 Å². The molecule has 0 saturated carbocycles. The highest BCUT2D eigenvalue weighted by atomic mass is 16.4. The van der Waals surface area contributed by atoms with Gasteiger partial charge in [-0.05, 0) is 17.6 Å². The second-order valence-electron chi connectivity index (χ2n) is 5.37. The maximum absolute atomic E-state index is 12.4. The number of carbonyl (C=O) groups excluding carboxylic acids is 2. The molecule has 1 aromatic carbocycles.